The predicted molar refractivity (Wildman–Crippen MR) is 87.5 cm³/mol. The number of Topliss-reactive ketones (excluding diaryl/α,β-unsaturated/α-hetero) is 1. The molecule has 0 aromatic carbocycles. The molecule has 5 heteroatoms. The van der Waals surface area contributed by atoms with Gasteiger partial charge in [0.25, 0.3) is 0 Å². The Labute approximate surface area is 146 Å². The van der Waals surface area contributed by atoms with E-state index in [-0.39, 0.29) is 35.1 Å². The van der Waals surface area contributed by atoms with E-state index in [4.69, 9.17) is 13.9 Å². The molecule has 2 aliphatic carbocycles. The van der Waals surface area contributed by atoms with Crippen LogP contribution in [0.4, 0.5) is 0 Å². The quantitative estimate of drug-likeness (QED) is 0.478. The van der Waals surface area contributed by atoms with E-state index in [1.165, 1.54) is 18.1 Å². The fourth-order valence-corrected chi connectivity index (χ4v) is 6.11. The number of rotatable bonds is 3. The summed E-state index contributed by atoms with van der Waals surface area (Å²) in [5, 5.41) is 0. The van der Waals surface area contributed by atoms with Gasteiger partial charge in [-0.05, 0) is 38.7 Å². The number of esters is 1. The van der Waals surface area contributed by atoms with Crippen molar-refractivity contribution in [2.45, 2.75) is 51.9 Å². The van der Waals surface area contributed by atoms with Crippen LogP contribution in [0.3, 0.4) is 0 Å². The Hall–Kier alpha value is -1.88. The summed E-state index contributed by atoms with van der Waals surface area (Å²) >= 11 is 0. The second-order valence-electron chi connectivity index (χ2n) is 8.30. The molecule has 0 spiro atoms. The van der Waals surface area contributed by atoms with E-state index in [1.807, 2.05) is 6.92 Å². The third kappa shape index (κ3) is 1.77. The zero-order chi connectivity index (χ0) is 17.4. The highest BCUT2D eigenvalue weighted by Gasteiger charge is 2.74. The van der Waals surface area contributed by atoms with E-state index < -0.39 is 11.7 Å². The van der Waals surface area contributed by atoms with Crippen LogP contribution in [0.2, 0.25) is 0 Å². The van der Waals surface area contributed by atoms with Crippen molar-refractivity contribution in [1.82, 2.24) is 0 Å². The Kier molecular flexibility index (Phi) is 2.98. The molecule has 3 heterocycles. The van der Waals surface area contributed by atoms with Gasteiger partial charge in [-0.15, -0.1) is 0 Å². The average molecular weight is 342 g/mol. The predicted octanol–water partition coefficient (Wildman–Crippen LogP) is 3.50. The molecule has 1 aromatic rings. The zero-order valence-corrected chi connectivity index (χ0v) is 14.5. The maximum Gasteiger partial charge on any atom is 0.314 e. The molecule has 5 nitrogen and oxygen atoms in total. The van der Waals surface area contributed by atoms with Crippen LogP contribution >= 0.6 is 0 Å². The number of carbonyl (C=O) groups is 2. The molecule has 0 N–H and O–H groups in total. The maximum atomic E-state index is 12.8. The van der Waals surface area contributed by atoms with Crippen LogP contribution in [0.15, 0.2) is 34.7 Å². The summed E-state index contributed by atoms with van der Waals surface area (Å²) in [4.78, 5) is 25.4. The van der Waals surface area contributed by atoms with E-state index in [2.05, 4.69) is 13.0 Å². The molecule has 0 radical (unpaired) electrons. The number of hydrogen-bond acceptors (Lipinski definition) is 5. The van der Waals surface area contributed by atoms with Gasteiger partial charge in [-0.3, -0.25) is 9.59 Å². The number of carbonyl (C=O) groups excluding carboxylic acids is 2. The van der Waals surface area contributed by atoms with E-state index in [0.717, 1.165) is 19.3 Å². The third-order valence-corrected chi connectivity index (χ3v) is 7.16. The third-order valence-electron chi connectivity index (χ3n) is 7.16. The highest BCUT2D eigenvalue weighted by Crippen LogP contribution is 2.69. The van der Waals surface area contributed by atoms with Gasteiger partial charge in [0.1, 0.15) is 6.26 Å². The lowest BCUT2D eigenvalue weighted by atomic mass is 9.46. The number of ketones is 1. The zero-order valence-electron chi connectivity index (χ0n) is 14.5. The number of hydrogen-bond donors (Lipinski definition) is 0. The van der Waals surface area contributed by atoms with E-state index in [0.29, 0.717) is 12.0 Å². The van der Waals surface area contributed by atoms with Crippen LogP contribution in [0.25, 0.3) is 0 Å². The van der Waals surface area contributed by atoms with Crippen molar-refractivity contribution in [1.29, 1.82) is 0 Å². The maximum absolute atomic E-state index is 12.8. The van der Waals surface area contributed by atoms with Crippen molar-refractivity contribution >= 4 is 11.8 Å². The molecule has 1 saturated carbocycles. The van der Waals surface area contributed by atoms with Gasteiger partial charge in [0.05, 0.1) is 23.3 Å². The highest BCUT2D eigenvalue weighted by molar-refractivity contribution is 5.96. The fraction of sp³-hybridized carbons (Fsp3) is 0.600. The first kappa shape index (κ1) is 15.4. The topological polar surface area (TPSA) is 65.7 Å². The van der Waals surface area contributed by atoms with Gasteiger partial charge >= 0.3 is 5.97 Å². The normalized spacial score (nSPS) is 44.2. The molecule has 5 bridgehead atoms. The van der Waals surface area contributed by atoms with Gasteiger partial charge in [-0.1, -0.05) is 18.1 Å². The smallest absolute Gasteiger partial charge is 0.314 e. The minimum Gasteiger partial charge on any atom is -0.472 e. The van der Waals surface area contributed by atoms with Crippen LogP contribution in [0.1, 0.15) is 49.9 Å². The molecule has 25 heavy (non-hydrogen) atoms. The molecular weight excluding hydrogens is 320 g/mol. The van der Waals surface area contributed by atoms with Crippen molar-refractivity contribution in [2.24, 2.45) is 22.7 Å². The summed E-state index contributed by atoms with van der Waals surface area (Å²) < 4.78 is 17.0. The van der Waals surface area contributed by atoms with Gasteiger partial charge in [0, 0.05) is 17.8 Å². The Bertz CT molecular complexity index is 778. The van der Waals surface area contributed by atoms with Gasteiger partial charge in [0.2, 0.25) is 6.29 Å². The van der Waals surface area contributed by atoms with Gasteiger partial charge < -0.3 is 13.9 Å². The summed E-state index contributed by atoms with van der Waals surface area (Å²) in [6.45, 7) is 4.11. The molecule has 4 aliphatic rings. The van der Waals surface area contributed by atoms with Crippen molar-refractivity contribution in [2.75, 3.05) is 0 Å². The lowest BCUT2D eigenvalue weighted by Gasteiger charge is -2.58. The van der Waals surface area contributed by atoms with Crippen LogP contribution in [-0.2, 0) is 14.3 Å². The van der Waals surface area contributed by atoms with E-state index in [9.17, 15) is 9.59 Å². The Morgan fingerprint density at radius 3 is 2.96 bits per heavy atom. The Morgan fingerprint density at radius 1 is 1.36 bits per heavy atom. The largest absolute Gasteiger partial charge is 0.472 e. The average Bonchev–Trinajstić information content (AvgIpc) is 3.15. The molecular formula is C20H22O5. The molecule has 0 unspecified atom stereocenters. The van der Waals surface area contributed by atoms with E-state index in [1.54, 1.807) is 6.07 Å². The minimum atomic E-state index is -0.528. The summed E-state index contributed by atoms with van der Waals surface area (Å²) in [6, 6.07) is 1.71. The Morgan fingerprint density at radius 2 is 2.20 bits per heavy atom. The highest BCUT2D eigenvalue weighted by atomic mass is 16.7. The molecule has 5 rings (SSSR count). The van der Waals surface area contributed by atoms with Crippen molar-refractivity contribution in [3.05, 3.63) is 35.8 Å². The summed E-state index contributed by atoms with van der Waals surface area (Å²) in [6.07, 6.45) is 7.69. The molecule has 2 aliphatic heterocycles. The molecule has 1 aromatic heterocycles. The fourth-order valence-electron chi connectivity index (χ4n) is 6.11. The van der Waals surface area contributed by atoms with Crippen molar-refractivity contribution in [3.63, 3.8) is 0 Å². The summed E-state index contributed by atoms with van der Waals surface area (Å²) in [5.74, 6) is 0.0818. The Balaban J connectivity index is 1.59. The van der Waals surface area contributed by atoms with Crippen molar-refractivity contribution < 1.29 is 23.5 Å². The first-order chi connectivity index (χ1) is 12.0. The molecule has 6 atom stereocenters. The van der Waals surface area contributed by atoms with Crippen molar-refractivity contribution in [3.8, 4) is 0 Å². The molecule has 0 amide bonds. The number of ether oxygens (including phenoxy) is 2. The standard InChI is InChI=1S/C20H22O5/c1-11-8-15-16-19(2)5-3-6-20(16,18(24-15)25-17(19)22)13(11)9-14(21)12-4-7-23-10-12/h4,7-8,10,13,15-16,18H,3,5-6,9H2,1-2H3/t13-,15+,16-,18+,19-,20+/m0/s1. The first-order valence-electron chi connectivity index (χ1n) is 9.07. The van der Waals surface area contributed by atoms with Gasteiger partial charge in [-0.25, -0.2) is 0 Å². The minimum absolute atomic E-state index is 0.0383. The number of furan rings is 1. The SMILES string of the molecule is CC1=C[C@H]2O[C@@H]3OC(=O)[C@@]4(C)CCC[C@]3([C@@H]24)[C@H]1CC(=O)c1ccoc1. The van der Waals surface area contributed by atoms with Crippen LogP contribution in [0.5, 0.6) is 0 Å². The summed E-state index contributed by atoms with van der Waals surface area (Å²) in [5.41, 5.74) is 1.00. The lowest BCUT2D eigenvalue weighted by Crippen LogP contribution is -2.62. The monoisotopic (exact) mass is 342 g/mol. The van der Waals surface area contributed by atoms with E-state index >= 15 is 0 Å². The van der Waals surface area contributed by atoms with Crippen LogP contribution < -0.4 is 0 Å². The molecule has 132 valence electrons. The van der Waals surface area contributed by atoms with Gasteiger partial charge in [0.15, 0.2) is 5.78 Å². The van der Waals surface area contributed by atoms with Gasteiger partial charge in [-0.2, -0.15) is 0 Å². The van der Waals surface area contributed by atoms with Crippen LogP contribution in [-0.4, -0.2) is 24.1 Å². The molecule has 3 fully saturated rings. The summed E-state index contributed by atoms with van der Waals surface area (Å²) in [7, 11) is 0. The first-order valence-corrected chi connectivity index (χ1v) is 9.07. The lowest BCUT2D eigenvalue weighted by molar-refractivity contribution is -0.233. The number of allylic oxidation sites excluding steroid dienone is 1. The second-order valence-corrected chi connectivity index (χ2v) is 8.30. The molecule has 2 saturated heterocycles. The van der Waals surface area contributed by atoms with Crippen LogP contribution in [0, 0.1) is 22.7 Å². The second kappa shape index (κ2) is 4.85.